The van der Waals surface area contributed by atoms with Crippen LogP contribution >= 0.6 is 0 Å². The van der Waals surface area contributed by atoms with E-state index in [-0.39, 0.29) is 38.4 Å². The van der Waals surface area contributed by atoms with Gasteiger partial charge in [0.2, 0.25) is 5.91 Å². The van der Waals surface area contributed by atoms with Gasteiger partial charge in [-0.15, -0.1) is 0 Å². The van der Waals surface area contributed by atoms with Crippen LogP contribution in [0.4, 0.5) is 13.2 Å². The SMILES string of the molecule is CN(CC1CC1)C(=O)CN1CCC(O)(C(F)(F)F)CC1. The molecule has 116 valence electrons. The van der Waals surface area contributed by atoms with Crippen LogP contribution in [0.2, 0.25) is 0 Å². The van der Waals surface area contributed by atoms with Crippen LogP contribution in [0.3, 0.4) is 0 Å². The van der Waals surface area contributed by atoms with Crippen molar-refractivity contribution in [1.29, 1.82) is 0 Å². The smallest absolute Gasteiger partial charge is 0.380 e. The molecule has 0 spiro atoms. The first kappa shape index (κ1) is 15.6. The molecule has 0 bridgehead atoms. The average Bonchev–Trinajstić information content (AvgIpc) is 3.14. The Morgan fingerprint density at radius 2 is 1.90 bits per heavy atom. The number of piperidine rings is 1. The van der Waals surface area contributed by atoms with Gasteiger partial charge in [0.25, 0.3) is 0 Å². The minimum atomic E-state index is -4.59. The van der Waals surface area contributed by atoms with E-state index in [0.717, 1.165) is 19.4 Å². The second kappa shape index (κ2) is 5.52. The van der Waals surface area contributed by atoms with E-state index in [1.807, 2.05) is 0 Å². The second-order valence-corrected chi connectivity index (χ2v) is 6.02. The lowest BCUT2D eigenvalue weighted by Gasteiger charge is -2.39. The Bertz CT molecular complexity index is 361. The van der Waals surface area contributed by atoms with Crippen molar-refractivity contribution in [2.45, 2.75) is 37.5 Å². The van der Waals surface area contributed by atoms with Gasteiger partial charge in [-0.3, -0.25) is 9.69 Å². The van der Waals surface area contributed by atoms with Gasteiger partial charge in [0.05, 0.1) is 6.54 Å². The molecule has 1 saturated carbocycles. The van der Waals surface area contributed by atoms with Crippen molar-refractivity contribution in [3.05, 3.63) is 0 Å². The second-order valence-electron chi connectivity index (χ2n) is 6.02. The molecule has 0 aromatic carbocycles. The van der Waals surface area contributed by atoms with Crippen LogP contribution in [0.1, 0.15) is 25.7 Å². The summed E-state index contributed by atoms with van der Waals surface area (Å²) in [6.45, 7) is 1.06. The molecule has 0 aromatic heterocycles. The Hall–Kier alpha value is -0.820. The fourth-order valence-electron chi connectivity index (χ4n) is 2.47. The molecule has 0 unspecified atom stereocenters. The number of carbonyl (C=O) groups is 1. The molecule has 1 aliphatic heterocycles. The first-order valence-electron chi connectivity index (χ1n) is 6.97. The van der Waals surface area contributed by atoms with Crippen LogP contribution in [-0.2, 0) is 4.79 Å². The van der Waals surface area contributed by atoms with E-state index in [1.54, 1.807) is 16.8 Å². The zero-order chi connectivity index (χ0) is 15.0. The van der Waals surface area contributed by atoms with Gasteiger partial charge in [0.15, 0.2) is 5.60 Å². The molecule has 20 heavy (non-hydrogen) atoms. The molecule has 4 nitrogen and oxygen atoms in total. The Kier molecular flexibility index (Phi) is 4.30. The fourth-order valence-corrected chi connectivity index (χ4v) is 2.47. The van der Waals surface area contributed by atoms with Gasteiger partial charge in [-0.05, 0) is 31.6 Å². The standard InChI is InChI=1S/C13H21F3N2O2/c1-17(8-10-2-3-10)11(19)9-18-6-4-12(20,5-7-18)13(14,15)16/h10,20H,2-9H2,1H3. The molecular formula is C13H21F3N2O2. The summed E-state index contributed by atoms with van der Waals surface area (Å²) in [6, 6.07) is 0. The van der Waals surface area contributed by atoms with Crippen LogP contribution in [0.5, 0.6) is 0 Å². The van der Waals surface area contributed by atoms with Crippen LogP contribution in [0.15, 0.2) is 0 Å². The van der Waals surface area contributed by atoms with E-state index in [2.05, 4.69) is 0 Å². The lowest BCUT2D eigenvalue weighted by Crippen LogP contribution is -2.54. The number of amides is 1. The molecule has 0 aromatic rings. The van der Waals surface area contributed by atoms with E-state index < -0.39 is 11.8 Å². The Morgan fingerprint density at radius 1 is 1.35 bits per heavy atom. The molecule has 2 fully saturated rings. The van der Waals surface area contributed by atoms with Crippen molar-refractivity contribution < 1.29 is 23.1 Å². The number of likely N-dealkylation sites (tertiary alicyclic amines) is 1. The maximum absolute atomic E-state index is 12.7. The maximum Gasteiger partial charge on any atom is 0.417 e. The average molecular weight is 294 g/mol. The van der Waals surface area contributed by atoms with Crippen molar-refractivity contribution in [2.75, 3.05) is 33.2 Å². The predicted octanol–water partition coefficient (Wildman–Crippen LogP) is 1.24. The van der Waals surface area contributed by atoms with E-state index in [9.17, 15) is 23.1 Å². The third-order valence-electron chi connectivity index (χ3n) is 4.22. The molecule has 0 radical (unpaired) electrons. The highest BCUT2D eigenvalue weighted by atomic mass is 19.4. The number of aliphatic hydroxyl groups is 1. The Morgan fingerprint density at radius 3 is 2.35 bits per heavy atom. The summed E-state index contributed by atoms with van der Waals surface area (Å²) in [4.78, 5) is 15.3. The van der Waals surface area contributed by atoms with Crippen LogP contribution in [0, 0.1) is 5.92 Å². The number of rotatable bonds is 4. The predicted molar refractivity (Wildman–Crippen MR) is 67.0 cm³/mol. The quantitative estimate of drug-likeness (QED) is 0.848. The summed E-state index contributed by atoms with van der Waals surface area (Å²) in [7, 11) is 1.73. The third-order valence-corrected chi connectivity index (χ3v) is 4.22. The number of halogens is 3. The summed E-state index contributed by atoms with van der Waals surface area (Å²) >= 11 is 0. The number of carbonyl (C=O) groups excluding carboxylic acids is 1. The summed E-state index contributed by atoms with van der Waals surface area (Å²) in [5.41, 5.74) is -2.59. The van der Waals surface area contributed by atoms with Crippen LogP contribution in [0.25, 0.3) is 0 Å². The van der Waals surface area contributed by atoms with E-state index >= 15 is 0 Å². The zero-order valence-electron chi connectivity index (χ0n) is 11.6. The number of nitrogens with zero attached hydrogens (tertiary/aromatic N) is 2. The number of hydrogen-bond acceptors (Lipinski definition) is 3. The molecule has 1 N–H and O–H groups in total. The molecule has 1 amide bonds. The highest BCUT2D eigenvalue weighted by Gasteiger charge is 2.54. The number of alkyl halides is 3. The number of likely N-dealkylation sites (N-methyl/N-ethyl adjacent to an activating group) is 1. The van der Waals surface area contributed by atoms with Crippen molar-refractivity contribution >= 4 is 5.91 Å². The molecule has 1 aliphatic carbocycles. The van der Waals surface area contributed by atoms with Gasteiger partial charge in [0, 0.05) is 26.7 Å². The highest BCUT2D eigenvalue weighted by molar-refractivity contribution is 5.78. The largest absolute Gasteiger partial charge is 0.417 e. The summed E-state index contributed by atoms with van der Waals surface area (Å²) in [5.74, 6) is 0.537. The monoisotopic (exact) mass is 294 g/mol. The van der Waals surface area contributed by atoms with Crippen LogP contribution < -0.4 is 0 Å². The summed E-state index contributed by atoms with van der Waals surface area (Å²) < 4.78 is 38.0. The van der Waals surface area contributed by atoms with Gasteiger partial charge in [-0.1, -0.05) is 0 Å². The van der Waals surface area contributed by atoms with Gasteiger partial charge in [-0.2, -0.15) is 13.2 Å². The van der Waals surface area contributed by atoms with Gasteiger partial charge >= 0.3 is 6.18 Å². The highest BCUT2D eigenvalue weighted by Crippen LogP contribution is 2.38. The van der Waals surface area contributed by atoms with Gasteiger partial charge in [0.1, 0.15) is 0 Å². The fraction of sp³-hybridized carbons (Fsp3) is 0.923. The molecule has 2 rings (SSSR count). The van der Waals surface area contributed by atoms with Crippen molar-refractivity contribution in [1.82, 2.24) is 9.80 Å². The maximum atomic E-state index is 12.7. The van der Waals surface area contributed by atoms with Crippen molar-refractivity contribution in [2.24, 2.45) is 5.92 Å². The van der Waals surface area contributed by atoms with Crippen molar-refractivity contribution in [3.8, 4) is 0 Å². The lowest BCUT2D eigenvalue weighted by atomic mass is 9.91. The zero-order valence-corrected chi connectivity index (χ0v) is 11.6. The minimum absolute atomic E-state index is 0.0608. The molecule has 7 heteroatoms. The summed E-state index contributed by atoms with van der Waals surface area (Å²) in [5, 5.41) is 9.55. The van der Waals surface area contributed by atoms with E-state index in [0.29, 0.717) is 5.92 Å². The van der Waals surface area contributed by atoms with E-state index in [1.165, 1.54) is 0 Å². The van der Waals surface area contributed by atoms with Crippen molar-refractivity contribution in [3.63, 3.8) is 0 Å². The topological polar surface area (TPSA) is 43.8 Å². The Labute approximate surface area is 116 Å². The molecular weight excluding hydrogens is 273 g/mol. The molecule has 2 aliphatic rings. The van der Waals surface area contributed by atoms with Gasteiger partial charge < -0.3 is 10.0 Å². The molecule has 1 saturated heterocycles. The first-order chi connectivity index (χ1) is 9.21. The first-order valence-corrected chi connectivity index (χ1v) is 6.97. The van der Waals surface area contributed by atoms with E-state index in [4.69, 9.17) is 0 Å². The van der Waals surface area contributed by atoms with Crippen LogP contribution in [-0.4, -0.2) is 65.8 Å². The normalized spacial score (nSPS) is 23.6. The Balaban J connectivity index is 1.77. The molecule has 0 atom stereocenters. The lowest BCUT2D eigenvalue weighted by molar-refractivity contribution is -0.272. The van der Waals surface area contributed by atoms with Gasteiger partial charge in [-0.25, -0.2) is 0 Å². The summed E-state index contributed by atoms with van der Waals surface area (Å²) in [6.07, 6.45) is -3.02. The molecule has 1 heterocycles. The third kappa shape index (κ3) is 3.63. The number of hydrogen-bond donors (Lipinski definition) is 1. The minimum Gasteiger partial charge on any atom is -0.380 e.